The van der Waals surface area contributed by atoms with Crippen molar-refractivity contribution in [1.29, 1.82) is 0 Å². The summed E-state index contributed by atoms with van der Waals surface area (Å²) in [6.07, 6.45) is 2.95. The Morgan fingerprint density at radius 1 is 1.35 bits per heavy atom. The minimum absolute atomic E-state index is 0.527. The van der Waals surface area contributed by atoms with Crippen LogP contribution in [-0.4, -0.2) is 14.8 Å². The Kier molecular flexibility index (Phi) is 3.57. The van der Waals surface area contributed by atoms with Crippen molar-refractivity contribution in [2.24, 2.45) is 0 Å². The number of hydrogen-bond acceptors (Lipinski definition) is 2. The third-order valence-electron chi connectivity index (χ3n) is 3.16. The Labute approximate surface area is 103 Å². The Morgan fingerprint density at radius 2 is 2.18 bits per heavy atom. The van der Waals surface area contributed by atoms with Crippen LogP contribution in [0.2, 0.25) is 0 Å². The van der Waals surface area contributed by atoms with Crippen molar-refractivity contribution in [2.45, 2.75) is 39.7 Å². The molecule has 2 rings (SSSR count). The molecule has 17 heavy (non-hydrogen) atoms. The molecular weight excluding hydrogens is 210 g/mol. The third-order valence-corrected chi connectivity index (χ3v) is 3.16. The molecule has 0 bridgehead atoms. The summed E-state index contributed by atoms with van der Waals surface area (Å²) in [4.78, 5) is 4.33. The number of nitrogens with zero attached hydrogens (tertiary/aromatic N) is 3. The first kappa shape index (κ1) is 11.8. The molecule has 2 aromatic heterocycles. The zero-order chi connectivity index (χ0) is 12.3. The fourth-order valence-electron chi connectivity index (χ4n) is 1.79. The third kappa shape index (κ3) is 2.73. The zero-order valence-corrected chi connectivity index (χ0v) is 10.7. The van der Waals surface area contributed by atoms with Crippen molar-refractivity contribution < 1.29 is 0 Å². The van der Waals surface area contributed by atoms with E-state index in [1.165, 1.54) is 11.4 Å². The molecule has 3 nitrogen and oxygen atoms in total. The van der Waals surface area contributed by atoms with Crippen molar-refractivity contribution in [3.05, 3.63) is 47.5 Å². The van der Waals surface area contributed by atoms with Gasteiger partial charge in [-0.25, -0.2) is 0 Å². The molecule has 3 heteroatoms. The maximum atomic E-state index is 4.65. The molecule has 0 aliphatic carbocycles. The van der Waals surface area contributed by atoms with Crippen LogP contribution >= 0.6 is 0 Å². The van der Waals surface area contributed by atoms with Crippen molar-refractivity contribution in [1.82, 2.24) is 14.8 Å². The topological polar surface area (TPSA) is 30.7 Å². The highest BCUT2D eigenvalue weighted by molar-refractivity contribution is 5.14. The Hall–Kier alpha value is -1.64. The number of pyridine rings is 1. The van der Waals surface area contributed by atoms with Gasteiger partial charge in [0.15, 0.2) is 0 Å². The van der Waals surface area contributed by atoms with Gasteiger partial charge in [-0.3, -0.25) is 9.67 Å². The molecule has 1 unspecified atom stereocenters. The summed E-state index contributed by atoms with van der Waals surface area (Å²) in [5.41, 5.74) is 3.43. The number of aromatic nitrogens is 3. The zero-order valence-electron chi connectivity index (χ0n) is 10.7. The summed E-state index contributed by atoms with van der Waals surface area (Å²) in [5.74, 6) is 0.527. The molecule has 0 fully saturated rings. The highest BCUT2D eigenvalue weighted by Crippen LogP contribution is 2.18. The van der Waals surface area contributed by atoms with Crippen LogP contribution in [0.25, 0.3) is 0 Å². The van der Waals surface area contributed by atoms with E-state index in [1.54, 1.807) is 0 Å². The summed E-state index contributed by atoms with van der Waals surface area (Å²) in [5, 5.41) is 4.65. The molecule has 0 saturated carbocycles. The second kappa shape index (κ2) is 5.13. The molecule has 2 heterocycles. The first-order valence-electron chi connectivity index (χ1n) is 6.15. The van der Waals surface area contributed by atoms with Crippen LogP contribution in [0.15, 0.2) is 30.5 Å². The van der Waals surface area contributed by atoms with Crippen LogP contribution in [0.3, 0.4) is 0 Å². The van der Waals surface area contributed by atoms with Gasteiger partial charge in [0.2, 0.25) is 0 Å². The van der Waals surface area contributed by atoms with E-state index < -0.39 is 0 Å². The first-order valence-corrected chi connectivity index (χ1v) is 6.15. The molecule has 0 amide bonds. The molecule has 0 aromatic carbocycles. The molecule has 2 aromatic rings. The standard InChI is InChI=1S/C14H19N3/c1-4-11(2)14-9-12(3)17(16-14)10-13-7-5-6-8-15-13/h5-9,11H,4,10H2,1-3H3. The van der Waals surface area contributed by atoms with E-state index in [1.807, 2.05) is 29.1 Å². The average molecular weight is 229 g/mol. The van der Waals surface area contributed by atoms with Gasteiger partial charge in [0, 0.05) is 11.9 Å². The van der Waals surface area contributed by atoms with Crippen LogP contribution in [-0.2, 0) is 6.54 Å². The van der Waals surface area contributed by atoms with E-state index in [2.05, 4.69) is 36.9 Å². The lowest BCUT2D eigenvalue weighted by molar-refractivity contribution is 0.616. The van der Waals surface area contributed by atoms with Gasteiger partial charge in [0.05, 0.1) is 17.9 Å². The maximum absolute atomic E-state index is 4.65. The maximum Gasteiger partial charge on any atom is 0.0834 e. The lowest BCUT2D eigenvalue weighted by Crippen LogP contribution is -2.06. The molecule has 0 saturated heterocycles. The van der Waals surface area contributed by atoms with Crippen molar-refractivity contribution >= 4 is 0 Å². The SMILES string of the molecule is CCC(C)c1cc(C)n(Cc2ccccn2)n1. The highest BCUT2D eigenvalue weighted by Gasteiger charge is 2.10. The number of aryl methyl sites for hydroxylation is 1. The van der Waals surface area contributed by atoms with Crippen molar-refractivity contribution in [3.63, 3.8) is 0 Å². The van der Waals surface area contributed by atoms with Crippen molar-refractivity contribution in [2.75, 3.05) is 0 Å². The van der Waals surface area contributed by atoms with Gasteiger partial charge >= 0.3 is 0 Å². The van der Waals surface area contributed by atoms with E-state index in [-0.39, 0.29) is 0 Å². The minimum atomic E-state index is 0.527. The molecule has 0 aliphatic rings. The van der Waals surface area contributed by atoms with Crippen molar-refractivity contribution in [3.8, 4) is 0 Å². The lowest BCUT2D eigenvalue weighted by atomic mass is 10.1. The van der Waals surface area contributed by atoms with Gasteiger partial charge in [-0.05, 0) is 37.5 Å². The van der Waals surface area contributed by atoms with Crippen LogP contribution in [0.1, 0.15) is 43.3 Å². The second-order valence-corrected chi connectivity index (χ2v) is 4.50. The highest BCUT2D eigenvalue weighted by atomic mass is 15.3. The summed E-state index contributed by atoms with van der Waals surface area (Å²) in [6.45, 7) is 7.26. The van der Waals surface area contributed by atoms with Crippen LogP contribution in [0.5, 0.6) is 0 Å². The van der Waals surface area contributed by atoms with E-state index >= 15 is 0 Å². The monoisotopic (exact) mass is 229 g/mol. The van der Waals surface area contributed by atoms with E-state index in [4.69, 9.17) is 0 Å². The molecular formula is C14H19N3. The Morgan fingerprint density at radius 3 is 2.82 bits per heavy atom. The quantitative estimate of drug-likeness (QED) is 0.806. The average Bonchev–Trinajstić information content (AvgIpc) is 2.71. The Balaban J connectivity index is 2.19. The summed E-state index contributed by atoms with van der Waals surface area (Å²) >= 11 is 0. The van der Waals surface area contributed by atoms with Crippen LogP contribution in [0, 0.1) is 6.92 Å². The summed E-state index contributed by atoms with van der Waals surface area (Å²) in [7, 11) is 0. The summed E-state index contributed by atoms with van der Waals surface area (Å²) < 4.78 is 2.03. The van der Waals surface area contributed by atoms with E-state index in [0.717, 1.165) is 18.7 Å². The Bertz CT molecular complexity index is 473. The van der Waals surface area contributed by atoms with Gasteiger partial charge in [-0.2, -0.15) is 5.10 Å². The first-order chi connectivity index (χ1) is 8.20. The number of hydrogen-bond donors (Lipinski definition) is 0. The van der Waals surface area contributed by atoms with Gasteiger partial charge in [-0.1, -0.05) is 19.9 Å². The normalized spacial score (nSPS) is 12.6. The van der Waals surface area contributed by atoms with Gasteiger partial charge < -0.3 is 0 Å². The van der Waals surface area contributed by atoms with Crippen LogP contribution in [0.4, 0.5) is 0 Å². The lowest BCUT2D eigenvalue weighted by Gasteiger charge is -2.04. The largest absolute Gasteiger partial charge is 0.264 e. The van der Waals surface area contributed by atoms with Gasteiger partial charge in [0.1, 0.15) is 0 Å². The fraction of sp³-hybridized carbons (Fsp3) is 0.429. The van der Waals surface area contributed by atoms with E-state index in [9.17, 15) is 0 Å². The predicted molar refractivity (Wildman–Crippen MR) is 69.0 cm³/mol. The van der Waals surface area contributed by atoms with E-state index in [0.29, 0.717) is 5.92 Å². The molecule has 0 N–H and O–H groups in total. The second-order valence-electron chi connectivity index (χ2n) is 4.50. The van der Waals surface area contributed by atoms with Gasteiger partial charge in [0.25, 0.3) is 0 Å². The number of rotatable bonds is 4. The minimum Gasteiger partial charge on any atom is -0.264 e. The predicted octanol–water partition coefficient (Wildman–Crippen LogP) is 3.15. The molecule has 90 valence electrons. The molecule has 0 aliphatic heterocycles. The van der Waals surface area contributed by atoms with Crippen LogP contribution < -0.4 is 0 Å². The fourth-order valence-corrected chi connectivity index (χ4v) is 1.79. The van der Waals surface area contributed by atoms with Gasteiger partial charge in [-0.15, -0.1) is 0 Å². The molecule has 0 radical (unpaired) electrons. The molecule has 1 atom stereocenters. The smallest absolute Gasteiger partial charge is 0.0834 e. The molecule has 0 spiro atoms. The summed E-state index contributed by atoms with van der Waals surface area (Å²) in [6, 6.07) is 8.15.